The molecule has 0 saturated heterocycles. The van der Waals surface area contributed by atoms with Crippen molar-refractivity contribution in [3.8, 4) is 5.75 Å². The van der Waals surface area contributed by atoms with E-state index in [1.165, 1.54) is 13.2 Å². The fraction of sp³-hybridized carbons (Fsp3) is 0.0909. The SMILES string of the molecule is COc1ccc2ccccc2c1S(=O)(=O)O. The molecule has 0 aromatic heterocycles. The van der Waals surface area contributed by atoms with Gasteiger partial charge in [-0.1, -0.05) is 30.3 Å². The van der Waals surface area contributed by atoms with Crippen LogP contribution in [0.15, 0.2) is 41.3 Å². The summed E-state index contributed by atoms with van der Waals surface area (Å²) in [6.45, 7) is 0. The van der Waals surface area contributed by atoms with Gasteiger partial charge in [0.2, 0.25) is 0 Å². The quantitative estimate of drug-likeness (QED) is 0.814. The minimum absolute atomic E-state index is 0.140. The largest absolute Gasteiger partial charge is 0.495 e. The maximum Gasteiger partial charge on any atom is 0.298 e. The summed E-state index contributed by atoms with van der Waals surface area (Å²) < 4.78 is 36.7. The molecule has 0 unspecified atom stereocenters. The molecule has 2 aromatic carbocycles. The van der Waals surface area contributed by atoms with Crippen LogP contribution in [0.5, 0.6) is 5.75 Å². The molecule has 0 bridgehead atoms. The van der Waals surface area contributed by atoms with Gasteiger partial charge in [-0.3, -0.25) is 4.55 Å². The first kappa shape index (κ1) is 10.9. The van der Waals surface area contributed by atoms with E-state index in [9.17, 15) is 13.0 Å². The Labute approximate surface area is 93.2 Å². The number of methoxy groups -OCH3 is 1. The molecule has 0 aliphatic carbocycles. The third-order valence-electron chi connectivity index (χ3n) is 2.32. The molecule has 0 amide bonds. The van der Waals surface area contributed by atoms with Crippen LogP contribution in [0.2, 0.25) is 0 Å². The van der Waals surface area contributed by atoms with Gasteiger partial charge in [-0.2, -0.15) is 8.42 Å². The minimum atomic E-state index is -4.30. The predicted molar refractivity (Wildman–Crippen MR) is 60.3 cm³/mol. The molecule has 0 fully saturated rings. The van der Waals surface area contributed by atoms with Gasteiger partial charge in [0.25, 0.3) is 10.1 Å². The lowest BCUT2D eigenvalue weighted by Crippen LogP contribution is -2.02. The zero-order valence-corrected chi connectivity index (χ0v) is 9.36. The summed E-state index contributed by atoms with van der Waals surface area (Å²) in [4.78, 5) is -0.187. The lowest BCUT2D eigenvalue weighted by molar-refractivity contribution is 0.399. The third kappa shape index (κ3) is 1.75. The van der Waals surface area contributed by atoms with Crippen molar-refractivity contribution in [3.05, 3.63) is 36.4 Å². The molecule has 2 rings (SSSR count). The van der Waals surface area contributed by atoms with Crippen LogP contribution >= 0.6 is 0 Å². The molecule has 16 heavy (non-hydrogen) atoms. The molecule has 84 valence electrons. The molecular weight excluding hydrogens is 228 g/mol. The molecule has 0 aliphatic rings. The smallest absolute Gasteiger partial charge is 0.298 e. The molecule has 0 atom stereocenters. The fourth-order valence-corrected chi connectivity index (χ4v) is 2.52. The van der Waals surface area contributed by atoms with Gasteiger partial charge in [0.15, 0.2) is 0 Å². The summed E-state index contributed by atoms with van der Waals surface area (Å²) in [5.74, 6) is 0.140. The van der Waals surface area contributed by atoms with Crippen LogP contribution in [0.1, 0.15) is 0 Å². The molecule has 0 aliphatic heterocycles. The number of benzene rings is 2. The summed E-state index contributed by atoms with van der Waals surface area (Å²) >= 11 is 0. The Balaban J connectivity index is 2.95. The maximum absolute atomic E-state index is 11.3. The second-order valence-corrected chi connectivity index (χ2v) is 4.65. The Morgan fingerprint density at radius 2 is 1.81 bits per heavy atom. The van der Waals surface area contributed by atoms with Gasteiger partial charge in [0.1, 0.15) is 10.6 Å². The Morgan fingerprint density at radius 1 is 1.12 bits per heavy atom. The summed E-state index contributed by atoms with van der Waals surface area (Å²) in [5, 5.41) is 1.18. The van der Waals surface area contributed by atoms with Gasteiger partial charge < -0.3 is 4.74 Å². The van der Waals surface area contributed by atoms with Gasteiger partial charge >= 0.3 is 0 Å². The number of ether oxygens (including phenoxy) is 1. The Bertz CT molecular complexity index is 631. The second kappa shape index (κ2) is 3.77. The second-order valence-electron chi connectivity index (χ2n) is 3.29. The van der Waals surface area contributed by atoms with Crippen molar-refractivity contribution < 1.29 is 17.7 Å². The van der Waals surface area contributed by atoms with Crippen molar-refractivity contribution in [2.24, 2.45) is 0 Å². The number of fused-ring (bicyclic) bond motifs is 1. The van der Waals surface area contributed by atoms with Gasteiger partial charge in [-0.15, -0.1) is 0 Å². The molecule has 4 nitrogen and oxygen atoms in total. The van der Waals surface area contributed by atoms with Crippen LogP contribution in [0.3, 0.4) is 0 Å². The van der Waals surface area contributed by atoms with Crippen molar-refractivity contribution >= 4 is 20.9 Å². The molecular formula is C11H10O4S. The summed E-state index contributed by atoms with van der Waals surface area (Å²) in [6, 6.07) is 10.2. The van der Waals surface area contributed by atoms with Crippen molar-refractivity contribution in [2.45, 2.75) is 4.90 Å². The first-order valence-corrected chi connectivity index (χ1v) is 6.01. The van der Waals surface area contributed by atoms with E-state index in [1.807, 2.05) is 0 Å². The highest BCUT2D eigenvalue weighted by atomic mass is 32.2. The average molecular weight is 238 g/mol. The van der Waals surface area contributed by atoms with Crippen LogP contribution in [0, 0.1) is 0 Å². The number of hydrogen-bond donors (Lipinski definition) is 1. The Morgan fingerprint density at radius 3 is 2.44 bits per heavy atom. The van der Waals surface area contributed by atoms with E-state index in [0.29, 0.717) is 5.39 Å². The topological polar surface area (TPSA) is 63.6 Å². The number of hydrogen-bond acceptors (Lipinski definition) is 3. The van der Waals surface area contributed by atoms with Gasteiger partial charge in [0, 0.05) is 5.39 Å². The van der Waals surface area contributed by atoms with E-state index in [-0.39, 0.29) is 10.6 Å². The van der Waals surface area contributed by atoms with Gasteiger partial charge in [-0.25, -0.2) is 0 Å². The molecule has 0 radical (unpaired) electrons. The molecule has 0 spiro atoms. The first-order chi connectivity index (χ1) is 7.54. The highest BCUT2D eigenvalue weighted by Gasteiger charge is 2.19. The minimum Gasteiger partial charge on any atom is -0.495 e. The van der Waals surface area contributed by atoms with Crippen LogP contribution < -0.4 is 4.74 Å². The van der Waals surface area contributed by atoms with Crippen molar-refractivity contribution in [1.82, 2.24) is 0 Å². The molecule has 1 N–H and O–H groups in total. The fourth-order valence-electron chi connectivity index (χ4n) is 1.65. The van der Waals surface area contributed by atoms with Crippen LogP contribution in [0.4, 0.5) is 0 Å². The van der Waals surface area contributed by atoms with Crippen molar-refractivity contribution in [3.63, 3.8) is 0 Å². The number of rotatable bonds is 2. The van der Waals surface area contributed by atoms with E-state index >= 15 is 0 Å². The van der Waals surface area contributed by atoms with Crippen molar-refractivity contribution in [1.29, 1.82) is 0 Å². The maximum atomic E-state index is 11.3. The van der Waals surface area contributed by atoms with E-state index < -0.39 is 10.1 Å². The lowest BCUT2D eigenvalue weighted by atomic mass is 10.1. The predicted octanol–water partition coefficient (Wildman–Crippen LogP) is 2.10. The highest BCUT2D eigenvalue weighted by molar-refractivity contribution is 7.86. The van der Waals surface area contributed by atoms with E-state index in [1.54, 1.807) is 30.3 Å². The average Bonchev–Trinajstić information content (AvgIpc) is 2.26. The molecule has 0 saturated carbocycles. The van der Waals surface area contributed by atoms with Crippen molar-refractivity contribution in [2.75, 3.05) is 7.11 Å². The third-order valence-corrected chi connectivity index (χ3v) is 3.26. The van der Waals surface area contributed by atoms with Crippen LogP contribution in [-0.4, -0.2) is 20.1 Å². The summed E-state index contributed by atoms with van der Waals surface area (Å²) in [5.41, 5.74) is 0. The van der Waals surface area contributed by atoms with Gasteiger partial charge in [-0.05, 0) is 11.5 Å². The molecule has 5 heteroatoms. The van der Waals surface area contributed by atoms with E-state index in [2.05, 4.69) is 0 Å². The van der Waals surface area contributed by atoms with Crippen LogP contribution in [-0.2, 0) is 10.1 Å². The molecule has 0 heterocycles. The van der Waals surface area contributed by atoms with E-state index in [0.717, 1.165) is 5.39 Å². The Kier molecular flexibility index (Phi) is 2.57. The van der Waals surface area contributed by atoms with Gasteiger partial charge in [0.05, 0.1) is 7.11 Å². The zero-order chi connectivity index (χ0) is 11.8. The summed E-state index contributed by atoms with van der Waals surface area (Å²) in [6.07, 6.45) is 0. The first-order valence-electron chi connectivity index (χ1n) is 4.57. The molecule has 2 aromatic rings. The summed E-state index contributed by atoms with van der Waals surface area (Å²) in [7, 11) is -2.94. The Hall–Kier alpha value is -1.59. The zero-order valence-electron chi connectivity index (χ0n) is 8.54. The van der Waals surface area contributed by atoms with Crippen LogP contribution in [0.25, 0.3) is 10.8 Å². The highest BCUT2D eigenvalue weighted by Crippen LogP contribution is 2.31. The monoisotopic (exact) mass is 238 g/mol. The normalized spacial score (nSPS) is 11.6. The lowest BCUT2D eigenvalue weighted by Gasteiger charge is -2.08. The standard InChI is InChI=1S/C11H10O4S/c1-15-10-7-6-8-4-2-3-5-9(8)11(10)16(12,13)14/h2-7H,1H3,(H,12,13,14). The van der Waals surface area contributed by atoms with E-state index in [4.69, 9.17) is 4.74 Å².